The van der Waals surface area contributed by atoms with Crippen molar-refractivity contribution in [1.82, 2.24) is 0 Å². The van der Waals surface area contributed by atoms with Gasteiger partial charge in [0.15, 0.2) is 0 Å². The Morgan fingerprint density at radius 3 is 1.21 bits per heavy atom. The number of alkyl halides is 6. The van der Waals surface area contributed by atoms with E-state index in [-0.39, 0.29) is 26.8 Å². The zero-order valence-electron chi connectivity index (χ0n) is 13.4. The first kappa shape index (κ1) is 27.7. The monoisotopic (exact) mass is 472 g/mol. The number of hydrogen-bond donors (Lipinski definition) is 0. The molecule has 6 nitrogen and oxygen atoms in total. The Morgan fingerprint density at radius 1 is 0.542 bits per heavy atom. The maximum Gasteiger partial charge on any atom is 0.213 e. The fourth-order valence-electron chi connectivity index (χ4n) is 0.837. The van der Waals surface area contributed by atoms with Gasteiger partial charge in [0.1, 0.15) is 13.6 Å². The largest absolute Gasteiger partial charge is 0.382 e. The third kappa shape index (κ3) is 31.3. The molecule has 0 spiro atoms. The number of halogens is 6. The van der Waals surface area contributed by atoms with E-state index in [2.05, 4.69) is 0 Å². The summed E-state index contributed by atoms with van der Waals surface area (Å²) in [6, 6.07) is 0. The van der Waals surface area contributed by atoms with Crippen LogP contribution in [0.3, 0.4) is 0 Å². The van der Waals surface area contributed by atoms with E-state index < -0.39 is 7.59 Å². The highest BCUT2D eigenvalue weighted by molar-refractivity contribution is 6.68. The third-order valence-corrected chi connectivity index (χ3v) is 2.38. The molecule has 24 heavy (non-hydrogen) atoms. The second kappa shape index (κ2) is 17.9. The second-order valence-corrected chi connectivity index (χ2v) is 9.00. The molecule has 0 saturated heterocycles. The van der Waals surface area contributed by atoms with Crippen LogP contribution in [0, 0.1) is 0 Å². The van der Waals surface area contributed by atoms with E-state index in [1.165, 1.54) is 0 Å². The van der Waals surface area contributed by atoms with Gasteiger partial charge in [0.25, 0.3) is 0 Å². The molecule has 0 fully saturated rings. The highest BCUT2D eigenvalue weighted by atomic mass is 35.6. The van der Waals surface area contributed by atoms with Crippen molar-refractivity contribution in [3.05, 3.63) is 0 Å². The predicted octanol–water partition coefficient (Wildman–Crippen LogP) is 3.99. The lowest BCUT2D eigenvalue weighted by Crippen LogP contribution is -2.19. The molecule has 0 rings (SSSR count). The molecule has 0 N–H and O–H groups in total. The van der Waals surface area contributed by atoms with Crippen molar-refractivity contribution in [2.24, 2.45) is 0 Å². The molecule has 0 aromatic rings. The van der Waals surface area contributed by atoms with E-state index in [1.807, 2.05) is 0 Å². The molecular weight excluding hydrogens is 453 g/mol. The number of rotatable bonds is 12. The van der Waals surface area contributed by atoms with Crippen LogP contribution in [0.15, 0.2) is 0 Å². The lowest BCUT2D eigenvalue weighted by molar-refractivity contribution is -0.139. The summed E-state index contributed by atoms with van der Waals surface area (Å²) in [5.41, 5.74) is 0. The highest BCUT2D eigenvalue weighted by Crippen LogP contribution is 2.29. The van der Waals surface area contributed by atoms with Crippen LogP contribution >= 0.6 is 69.6 Å². The highest BCUT2D eigenvalue weighted by Gasteiger charge is 2.24. The minimum absolute atomic E-state index is 0.106. The summed E-state index contributed by atoms with van der Waals surface area (Å²) in [5.74, 6) is 0. The van der Waals surface area contributed by atoms with Crippen molar-refractivity contribution in [3.8, 4) is 0 Å². The second-order valence-electron chi connectivity index (χ2n) is 3.97. The SMILES string of the molecule is COCCOCOCOCCOC.ClC(Cl)(Cl)COCC(Cl)(Cl)Cl. The Morgan fingerprint density at radius 2 is 0.917 bits per heavy atom. The minimum atomic E-state index is -1.46. The lowest BCUT2D eigenvalue weighted by atomic mass is 10.8. The van der Waals surface area contributed by atoms with E-state index in [0.29, 0.717) is 26.4 Å². The van der Waals surface area contributed by atoms with Gasteiger partial charge in [-0.1, -0.05) is 69.6 Å². The van der Waals surface area contributed by atoms with E-state index in [9.17, 15) is 0 Å². The Labute approximate surface area is 172 Å². The fraction of sp³-hybridized carbons (Fsp3) is 1.00. The first-order chi connectivity index (χ1) is 11.1. The molecule has 0 unspecified atom stereocenters. The molecule has 0 aromatic heterocycles. The van der Waals surface area contributed by atoms with Gasteiger partial charge in [-0.2, -0.15) is 0 Å². The van der Waals surface area contributed by atoms with Crippen LogP contribution in [0.5, 0.6) is 0 Å². The number of methoxy groups -OCH3 is 2. The zero-order chi connectivity index (χ0) is 18.9. The van der Waals surface area contributed by atoms with Gasteiger partial charge in [-0.05, 0) is 0 Å². The van der Waals surface area contributed by atoms with Gasteiger partial charge in [0.05, 0.1) is 39.6 Å². The summed E-state index contributed by atoms with van der Waals surface area (Å²) >= 11 is 32.0. The van der Waals surface area contributed by atoms with Crippen molar-refractivity contribution >= 4 is 69.6 Å². The van der Waals surface area contributed by atoms with Gasteiger partial charge in [0, 0.05) is 14.2 Å². The molecule has 0 aliphatic heterocycles. The van der Waals surface area contributed by atoms with Crippen LogP contribution in [-0.2, 0) is 28.4 Å². The normalized spacial score (nSPS) is 12.0. The fourth-order valence-corrected chi connectivity index (χ4v) is 1.30. The third-order valence-electron chi connectivity index (χ3n) is 1.73. The molecule has 0 saturated carbocycles. The van der Waals surface area contributed by atoms with Crippen molar-refractivity contribution < 1.29 is 28.4 Å². The Hall–Kier alpha value is 1.50. The molecule has 12 heteroatoms. The molecule has 148 valence electrons. The first-order valence-electron chi connectivity index (χ1n) is 6.54. The van der Waals surface area contributed by atoms with Gasteiger partial charge < -0.3 is 28.4 Å². The van der Waals surface area contributed by atoms with Gasteiger partial charge in [-0.15, -0.1) is 0 Å². The molecule has 0 heterocycles. The standard InChI is InChI=1S/C8H18O5.C4H4Cl6O/c1-9-3-5-11-7-13-8-12-6-4-10-2;5-3(6,7)1-11-2-4(8,9)10/h3-8H2,1-2H3;1-2H2. The summed E-state index contributed by atoms with van der Waals surface area (Å²) in [6.07, 6.45) is 0. The minimum Gasteiger partial charge on any atom is -0.382 e. The molecule has 0 atom stereocenters. The van der Waals surface area contributed by atoms with Gasteiger partial charge in [-0.3, -0.25) is 0 Å². The van der Waals surface area contributed by atoms with Crippen LogP contribution in [0.4, 0.5) is 0 Å². The zero-order valence-corrected chi connectivity index (χ0v) is 17.9. The van der Waals surface area contributed by atoms with E-state index >= 15 is 0 Å². The molecule has 0 aromatic carbocycles. The van der Waals surface area contributed by atoms with Crippen molar-refractivity contribution in [2.45, 2.75) is 7.59 Å². The summed E-state index contributed by atoms with van der Waals surface area (Å²) < 4.78 is 26.4. The van der Waals surface area contributed by atoms with Gasteiger partial charge in [0.2, 0.25) is 7.59 Å². The van der Waals surface area contributed by atoms with E-state index in [0.717, 1.165) is 0 Å². The molecular formula is C12H22Cl6O6. The molecule has 0 radical (unpaired) electrons. The van der Waals surface area contributed by atoms with Crippen LogP contribution in [-0.4, -0.2) is 75.0 Å². The maximum atomic E-state index is 5.34. The van der Waals surface area contributed by atoms with Gasteiger partial charge in [-0.25, -0.2) is 0 Å². The average Bonchev–Trinajstić information content (AvgIpc) is 2.43. The summed E-state index contributed by atoms with van der Waals surface area (Å²) in [7, 11) is 3.25. The Bertz CT molecular complexity index is 237. The van der Waals surface area contributed by atoms with E-state index in [4.69, 9.17) is 98.0 Å². The predicted molar refractivity (Wildman–Crippen MR) is 97.9 cm³/mol. The Kier molecular flexibility index (Phi) is 20.7. The van der Waals surface area contributed by atoms with Crippen molar-refractivity contribution in [2.75, 3.05) is 67.4 Å². The molecule has 0 aliphatic carbocycles. The van der Waals surface area contributed by atoms with Crippen LogP contribution < -0.4 is 0 Å². The smallest absolute Gasteiger partial charge is 0.213 e. The Balaban J connectivity index is 0. The summed E-state index contributed by atoms with van der Waals surface area (Å²) in [4.78, 5) is 0. The van der Waals surface area contributed by atoms with Crippen molar-refractivity contribution in [3.63, 3.8) is 0 Å². The first-order valence-corrected chi connectivity index (χ1v) is 8.81. The maximum absolute atomic E-state index is 5.34. The summed E-state index contributed by atoms with van der Waals surface area (Å²) in [6.45, 7) is 2.48. The van der Waals surface area contributed by atoms with Crippen LogP contribution in [0.2, 0.25) is 0 Å². The van der Waals surface area contributed by atoms with Crippen molar-refractivity contribution in [1.29, 1.82) is 0 Å². The van der Waals surface area contributed by atoms with Gasteiger partial charge >= 0.3 is 0 Å². The van der Waals surface area contributed by atoms with Crippen LogP contribution in [0.25, 0.3) is 0 Å². The molecule has 0 amide bonds. The summed E-state index contributed by atoms with van der Waals surface area (Å²) in [5, 5.41) is 0. The molecule has 0 aliphatic rings. The molecule has 0 bridgehead atoms. The van der Waals surface area contributed by atoms with E-state index in [1.54, 1.807) is 14.2 Å². The average molecular weight is 475 g/mol. The lowest BCUT2D eigenvalue weighted by Gasteiger charge is -2.14. The van der Waals surface area contributed by atoms with Crippen LogP contribution in [0.1, 0.15) is 0 Å². The number of hydrogen-bond acceptors (Lipinski definition) is 6. The quantitative estimate of drug-likeness (QED) is 0.242. The topological polar surface area (TPSA) is 55.4 Å². The number of ether oxygens (including phenoxy) is 6.